The summed E-state index contributed by atoms with van der Waals surface area (Å²) in [7, 11) is -1.58. The summed E-state index contributed by atoms with van der Waals surface area (Å²) in [5.74, 6) is 0.431. The second-order valence-electron chi connectivity index (χ2n) is 8.66. The number of hydrogen-bond acceptors (Lipinski definition) is 6. The molecule has 0 saturated carbocycles. The van der Waals surface area contributed by atoms with Crippen LogP contribution in [0.4, 0.5) is 5.69 Å². The van der Waals surface area contributed by atoms with Gasteiger partial charge in [-0.2, -0.15) is 0 Å². The number of nitrogens with zero attached hydrogens (tertiary/aromatic N) is 2. The van der Waals surface area contributed by atoms with Gasteiger partial charge in [-0.25, -0.2) is 8.42 Å². The number of amides is 2. The summed E-state index contributed by atoms with van der Waals surface area (Å²) < 4.78 is 29.9. The number of hydrogen-bond donors (Lipinski definition) is 1. The molecular formula is C26H29N3O5S. The SMILES string of the molecule is CNC(=O)c1ccc(CN(CC(=O)N(c2ccccc2)C2CCS(=O)(=O)C2)Cc2ccco2)cc1. The van der Waals surface area contributed by atoms with E-state index in [1.54, 1.807) is 36.4 Å². The molecule has 2 heterocycles. The average Bonchev–Trinajstić information content (AvgIpc) is 3.49. The van der Waals surface area contributed by atoms with E-state index < -0.39 is 15.9 Å². The second-order valence-corrected chi connectivity index (χ2v) is 10.9. The van der Waals surface area contributed by atoms with E-state index >= 15 is 0 Å². The molecule has 4 rings (SSSR count). The summed E-state index contributed by atoms with van der Waals surface area (Å²) in [6, 6.07) is 19.7. The highest BCUT2D eigenvalue weighted by atomic mass is 32.2. The van der Waals surface area contributed by atoms with Crippen LogP contribution < -0.4 is 10.2 Å². The molecule has 3 aromatic rings. The summed E-state index contributed by atoms with van der Waals surface area (Å²) in [6.07, 6.45) is 2.01. The molecule has 0 radical (unpaired) electrons. The van der Waals surface area contributed by atoms with Crippen molar-refractivity contribution in [2.75, 3.05) is 30.0 Å². The summed E-state index contributed by atoms with van der Waals surface area (Å²) >= 11 is 0. The predicted octanol–water partition coefficient (Wildman–Crippen LogP) is 2.86. The summed E-state index contributed by atoms with van der Waals surface area (Å²) in [5.41, 5.74) is 2.18. The predicted molar refractivity (Wildman–Crippen MR) is 134 cm³/mol. The van der Waals surface area contributed by atoms with Gasteiger partial charge in [0.2, 0.25) is 5.91 Å². The first kappa shape index (κ1) is 24.7. The van der Waals surface area contributed by atoms with Crippen molar-refractivity contribution in [3.63, 3.8) is 0 Å². The first-order valence-electron chi connectivity index (χ1n) is 11.5. The van der Waals surface area contributed by atoms with E-state index in [1.165, 1.54) is 0 Å². The molecule has 1 aliphatic rings. The third-order valence-corrected chi connectivity index (χ3v) is 7.79. The van der Waals surface area contributed by atoms with Crippen LogP contribution in [-0.4, -0.2) is 56.3 Å². The van der Waals surface area contributed by atoms with E-state index in [2.05, 4.69) is 5.32 Å². The number of benzene rings is 2. The number of rotatable bonds is 9. The average molecular weight is 496 g/mol. The zero-order chi connectivity index (χ0) is 24.8. The van der Waals surface area contributed by atoms with Crippen LogP contribution in [0.5, 0.6) is 0 Å². The maximum atomic E-state index is 13.7. The maximum absolute atomic E-state index is 13.7. The fourth-order valence-corrected chi connectivity index (χ4v) is 6.05. The lowest BCUT2D eigenvalue weighted by molar-refractivity contribution is -0.120. The largest absolute Gasteiger partial charge is 0.468 e. The van der Waals surface area contributed by atoms with Crippen LogP contribution in [-0.2, 0) is 27.7 Å². The molecule has 1 aromatic heterocycles. The third-order valence-electron chi connectivity index (χ3n) is 6.04. The van der Waals surface area contributed by atoms with Crippen molar-refractivity contribution in [2.24, 2.45) is 0 Å². The van der Waals surface area contributed by atoms with Crippen molar-refractivity contribution >= 4 is 27.3 Å². The molecule has 0 spiro atoms. The number of carbonyl (C=O) groups excluding carboxylic acids is 2. The molecule has 8 nitrogen and oxygen atoms in total. The van der Waals surface area contributed by atoms with E-state index in [0.717, 1.165) is 11.3 Å². The monoisotopic (exact) mass is 495 g/mol. The second kappa shape index (κ2) is 10.9. The number of sulfone groups is 1. The quantitative estimate of drug-likeness (QED) is 0.490. The van der Waals surface area contributed by atoms with Gasteiger partial charge in [0, 0.05) is 24.8 Å². The normalized spacial score (nSPS) is 16.8. The summed E-state index contributed by atoms with van der Waals surface area (Å²) in [4.78, 5) is 29.1. The minimum Gasteiger partial charge on any atom is -0.468 e. The molecule has 35 heavy (non-hydrogen) atoms. The number of nitrogens with one attached hydrogen (secondary N) is 1. The van der Waals surface area contributed by atoms with Crippen LogP contribution in [0.3, 0.4) is 0 Å². The molecular weight excluding hydrogens is 466 g/mol. The van der Waals surface area contributed by atoms with Gasteiger partial charge >= 0.3 is 0 Å². The van der Waals surface area contributed by atoms with E-state index in [4.69, 9.17) is 4.42 Å². The van der Waals surface area contributed by atoms with Gasteiger partial charge < -0.3 is 14.6 Å². The van der Waals surface area contributed by atoms with E-state index in [9.17, 15) is 18.0 Å². The lowest BCUT2D eigenvalue weighted by atomic mass is 10.1. The Hall–Kier alpha value is -3.43. The Morgan fingerprint density at radius 1 is 1.00 bits per heavy atom. The maximum Gasteiger partial charge on any atom is 0.251 e. The van der Waals surface area contributed by atoms with Crippen molar-refractivity contribution in [3.8, 4) is 0 Å². The molecule has 1 saturated heterocycles. The van der Waals surface area contributed by atoms with Crippen LogP contribution in [0.2, 0.25) is 0 Å². The van der Waals surface area contributed by atoms with Gasteiger partial charge in [-0.05, 0) is 48.4 Å². The zero-order valence-corrected chi connectivity index (χ0v) is 20.4. The van der Waals surface area contributed by atoms with Gasteiger partial charge in [0.1, 0.15) is 5.76 Å². The topological polar surface area (TPSA) is 99.9 Å². The molecule has 2 aromatic carbocycles. The smallest absolute Gasteiger partial charge is 0.251 e. The number of anilines is 1. The van der Waals surface area contributed by atoms with Crippen LogP contribution in [0.15, 0.2) is 77.4 Å². The molecule has 1 fully saturated rings. The Bertz CT molecular complexity index is 1240. The number of carbonyl (C=O) groups is 2. The highest BCUT2D eigenvalue weighted by Gasteiger charge is 2.36. The lowest BCUT2D eigenvalue weighted by Gasteiger charge is -2.31. The molecule has 2 amide bonds. The fourth-order valence-electron chi connectivity index (χ4n) is 4.35. The summed E-state index contributed by atoms with van der Waals surface area (Å²) in [6.45, 7) is 0.928. The van der Waals surface area contributed by atoms with Crippen LogP contribution >= 0.6 is 0 Å². The molecule has 0 bridgehead atoms. The van der Waals surface area contributed by atoms with Crippen LogP contribution in [0.25, 0.3) is 0 Å². The Kier molecular flexibility index (Phi) is 7.67. The molecule has 0 aliphatic carbocycles. The third kappa shape index (κ3) is 6.37. The van der Waals surface area contributed by atoms with Crippen molar-refractivity contribution in [1.29, 1.82) is 0 Å². The molecule has 184 valence electrons. The zero-order valence-electron chi connectivity index (χ0n) is 19.6. The highest BCUT2D eigenvalue weighted by Crippen LogP contribution is 2.25. The van der Waals surface area contributed by atoms with Gasteiger partial charge in [-0.15, -0.1) is 0 Å². The van der Waals surface area contributed by atoms with Gasteiger partial charge in [0.05, 0.1) is 36.9 Å². The Labute approximate surface area is 205 Å². The van der Waals surface area contributed by atoms with Crippen molar-refractivity contribution in [1.82, 2.24) is 10.2 Å². The summed E-state index contributed by atoms with van der Waals surface area (Å²) in [5, 5.41) is 2.60. The molecule has 1 N–H and O–H groups in total. The number of furan rings is 1. The van der Waals surface area contributed by atoms with Gasteiger partial charge in [-0.3, -0.25) is 14.5 Å². The molecule has 1 aliphatic heterocycles. The molecule has 1 unspecified atom stereocenters. The van der Waals surface area contributed by atoms with E-state index in [1.807, 2.05) is 53.4 Å². The van der Waals surface area contributed by atoms with Crippen LogP contribution in [0.1, 0.15) is 28.1 Å². The Morgan fingerprint density at radius 3 is 2.34 bits per heavy atom. The first-order chi connectivity index (χ1) is 16.8. The van der Waals surface area contributed by atoms with Crippen molar-refractivity contribution in [2.45, 2.75) is 25.6 Å². The Morgan fingerprint density at radius 2 is 1.74 bits per heavy atom. The molecule has 9 heteroatoms. The standard InChI is InChI=1S/C26H29N3O5S/c1-27-26(31)21-11-9-20(10-12-21)16-28(17-24-8-5-14-34-24)18-25(30)29(22-6-3-2-4-7-22)23-13-15-35(32,33)19-23/h2-12,14,23H,13,15-19H2,1H3,(H,27,31). The van der Waals surface area contributed by atoms with Crippen molar-refractivity contribution < 1.29 is 22.4 Å². The highest BCUT2D eigenvalue weighted by molar-refractivity contribution is 7.91. The van der Waals surface area contributed by atoms with Gasteiger partial charge in [-0.1, -0.05) is 30.3 Å². The van der Waals surface area contributed by atoms with Crippen LogP contribution in [0, 0.1) is 0 Å². The fraction of sp³-hybridized carbons (Fsp3) is 0.308. The molecule has 1 atom stereocenters. The lowest BCUT2D eigenvalue weighted by Crippen LogP contribution is -2.46. The van der Waals surface area contributed by atoms with E-state index in [-0.39, 0.29) is 29.9 Å². The number of para-hydroxylation sites is 1. The van der Waals surface area contributed by atoms with E-state index in [0.29, 0.717) is 30.8 Å². The first-order valence-corrected chi connectivity index (χ1v) is 13.3. The minimum absolute atomic E-state index is 0.0349. The van der Waals surface area contributed by atoms with Crippen molar-refractivity contribution in [3.05, 3.63) is 89.9 Å². The van der Waals surface area contributed by atoms with Gasteiger partial charge in [0.15, 0.2) is 9.84 Å². The minimum atomic E-state index is -3.17. The Balaban J connectivity index is 1.56. The van der Waals surface area contributed by atoms with Gasteiger partial charge in [0.25, 0.3) is 5.91 Å².